The first kappa shape index (κ1) is 17.9. The van der Waals surface area contributed by atoms with Crippen LogP contribution < -0.4 is 14.8 Å². The molecule has 8 nitrogen and oxygen atoms in total. The number of urea groups is 1. The molecule has 0 bridgehead atoms. The van der Waals surface area contributed by atoms with Gasteiger partial charge in [-0.1, -0.05) is 0 Å². The smallest absolute Gasteiger partial charge is 0.321 e. The number of anilines is 1. The number of ether oxygens (including phenoxy) is 3. The average molecular weight is 375 g/mol. The summed E-state index contributed by atoms with van der Waals surface area (Å²) < 4.78 is 16.2. The number of cyclic esters (lactones) is 1. The van der Waals surface area contributed by atoms with Crippen LogP contribution in [0, 0.1) is 5.41 Å². The molecular formula is C19H25N3O5. The van der Waals surface area contributed by atoms with Gasteiger partial charge in [0.25, 0.3) is 0 Å². The predicted molar refractivity (Wildman–Crippen MR) is 97.9 cm³/mol. The van der Waals surface area contributed by atoms with Crippen molar-refractivity contribution in [2.75, 3.05) is 45.8 Å². The van der Waals surface area contributed by atoms with Gasteiger partial charge in [0.05, 0.1) is 5.41 Å². The third-order valence-corrected chi connectivity index (χ3v) is 5.53. The Hall–Kier alpha value is -2.48. The largest absolute Gasteiger partial charge is 0.461 e. The highest BCUT2D eigenvalue weighted by molar-refractivity contribution is 5.90. The molecule has 27 heavy (non-hydrogen) atoms. The molecule has 1 aromatic carbocycles. The van der Waals surface area contributed by atoms with E-state index in [1.807, 2.05) is 19.0 Å². The molecule has 1 atom stereocenters. The Morgan fingerprint density at radius 3 is 2.74 bits per heavy atom. The fourth-order valence-electron chi connectivity index (χ4n) is 4.07. The van der Waals surface area contributed by atoms with Crippen molar-refractivity contribution in [2.24, 2.45) is 5.41 Å². The molecule has 2 saturated heterocycles. The number of hydrogen-bond acceptors (Lipinski definition) is 6. The minimum atomic E-state index is -0.434. The monoisotopic (exact) mass is 375 g/mol. The van der Waals surface area contributed by atoms with Crippen LogP contribution in [0.3, 0.4) is 0 Å². The number of likely N-dealkylation sites (N-methyl/N-ethyl adjacent to an activating group) is 1. The van der Waals surface area contributed by atoms with Gasteiger partial charge in [0.15, 0.2) is 11.5 Å². The number of nitrogens with zero attached hydrogens (tertiary/aromatic N) is 2. The summed E-state index contributed by atoms with van der Waals surface area (Å²) in [6.07, 6.45) is 1.97. The summed E-state index contributed by atoms with van der Waals surface area (Å²) in [5.74, 6) is 1.20. The third-order valence-electron chi connectivity index (χ3n) is 5.53. The third kappa shape index (κ3) is 3.53. The van der Waals surface area contributed by atoms with Gasteiger partial charge in [-0.2, -0.15) is 0 Å². The van der Waals surface area contributed by atoms with E-state index in [1.54, 1.807) is 23.1 Å². The number of piperidine rings is 1. The van der Waals surface area contributed by atoms with Crippen molar-refractivity contribution in [1.82, 2.24) is 9.80 Å². The van der Waals surface area contributed by atoms with Crippen molar-refractivity contribution in [1.29, 1.82) is 0 Å². The minimum Gasteiger partial charge on any atom is -0.461 e. The Labute approximate surface area is 158 Å². The first-order valence-corrected chi connectivity index (χ1v) is 9.27. The van der Waals surface area contributed by atoms with Crippen molar-refractivity contribution < 1.29 is 23.8 Å². The second-order valence-corrected chi connectivity index (χ2v) is 7.76. The number of hydrogen-bond donors (Lipinski definition) is 1. The van der Waals surface area contributed by atoms with E-state index in [4.69, 9.17) is 14.2 Å². The summed E-state index contributed by atoms with van der Waals surface area (Å²) in [6.45, 7) is 2.02. The zero-order chi connectivity index (χ0) is 19.0. The van der Waals surface area contributed by atoms with Crippen molar-refractivity contribution in [2.45, 2.75) is 25.4 Å². The number of fused-ring (bicyclic) bond motifs is 1. The van der Waals surface area contributed by atoms with Crippen LogP contribution in [0.2, 0.25) is 0 Å². The summed E-state index contributed by atoms with van der Waals surface area (Å²) in [5.41, 5.74) is 0.229. The van der Waals surface area contributed by atoms with Crippen molar-refractivity contribution in [3.05, 3.63) is 18.2 Å². The summed E-state index contributed by atoms with van der Waals surface area (Å²) in [7, 11) is 3.95. The summed E-state index contributed by atoms with van der Waals surface area (Å²) in [4.78, 5) is 28.8. The van der Waals surface area contributed by atoms with Crippen LogP contribution >= 0.6 is 0 Å². The number of likely N-dealkylation sites (tertiary alicyclic amines) is 1. The lowest BCUT2D eigenvalue weighted by Gasteiger charge is -2.36. The molecule has 0 radical (unpaired) electrons. The highest BCUT2D eigenvalue weighted by atomic mass is 16.7. The number of amides is 2. The van der Waals surface area contributed by atoms with Gasteiger partial charge >= 0.3 is 12.0 Å². The first-order valence-electron chi connectivity index (χ1n) is 9.27. The van der Waals surface area contributed by atoms with Crippen LogP contribution in [0.4, 0.5) is 10.5 Å². The minimum absolute atomic E-state index is 0.0542. The molecule has 2 amide bonds. The summed E-state index contributed by atoms with van der Waals surface area (Å²) in [6, 6.07) is 5.16. The summed E-state index contributed by atoms with van der Waals surface area (Å²) in [5, 5.41) is 2.90. The van der Waals surface area contributed by atoms with Gasteiger partial charge in [-0.15, -0.1) is 0 Å². The second-order valence-electron chi connectivity index (χ2n) is 7.76. The number of rotatable bonds is 3. The van der Waals surface area contributed by atoms with Gasteiger partial charge in [-0.25, -0.2) is 4.79 Å². The van der Waals surface area contributed by atoms with Crippen LogP contribution in [0.1, 0.15) is 19.3 Å². The Morgan fingerprint density at radius 1 is 1.26 bits per heavy atom. The number of esters is 1. The molecule has 1 aromatic rings. The average Bonchev–Trinajstić information content (AvgIpc) is 3.19. The molecule has 3 aliphatic rings. The molecular weight excluding hydrogens is 350 g/mol. The number of benzene rings is 1. The highest BCUT2D eigenvalue weighted by Crippen LogP contribution is 2.43. The molecule has 1 spiro atoms. The number of nitrogens with one attached hydrogen (secondary N) is 1. The molecule has 0 saturated carbocycles. The van der Waals surface area contributed by atoms with Crippen molar-refractivity contribution >= 4 is 17.7 Å². The predicted octanol–water partition coefficient (Wildman–Crippen LogP) is 1.91. The fourth-order valence-corrected chi connectivity index (χ4v) is 4.07. The standard InChI is InChI=1S/C19H25N3O5/c1-21(2)11-14-10-19(17(23)27-14)5-7-22(8-6-19)18(24)20-13-3-4-15-16(9-13)26-12-25-15/h3-4,9,14H,5-8,10-12H2,1-2H3,(H,20,24). The SMILES string of the molecule is CN(C)CC1CC2(CCN(C(=O)Nc3ccc4c(c3)OCO4)CC2)C(=O)O1. The Morgan fingerprint density at radius 2 is 2.00 bits per heavy atom. The molecule has 3 aliphatic heterocycles. The normalized spacial score (nSPS) is 23.0. The lowest BCUT2D eigenvalue weighted by atomic mass is 9.76. The summed E-state index contributed by atoms with van der Waals surface area (Å²) >= 11 is 0. The zero-order valence-corrected chi connectivity index (χ0v) is 15.7. The molecule has 1 N–H and O–H groups in total. The highest BCUT2D eigenvalue weighted by Gasteiger charge is 2.50. The molecule has 1 unspecified atom stereocenters. The number of carbonyl (C=O) groups is 2. The van der Waals surface area contributed by atoms with E-state index < -0.39 is 5.41 Å². The fraction of sp³-hybridized carbons (Fsp3) is 0.579. The maximum absolute atomic E-state index is 12.6. The molecule has 0 aliphatic carbocycles. The van der Waals surface area contributed by atoms with E-state index in [-0.39, 0.29) is 24.9 Å². The number of carbonyl (C=O) groups excluding carboxylic acids is 2. The van der Waals surface area contributed by atoms with E-state index >= 15 is 0 Å². The quantitative estimate of drug-likeness (QED) is 0.813. The van der Waals surface area contributed by atoms with Crippen LogP contribution in [-0.2, 0) is 9.53 Å². The van der Waals surface area contributed by atoms with E-state index in [0.717, 1.165) is 13.0 Å². The molecule has 4 rings (SSSR count). The Balaban J connectivity index is 1.34. The van der Waals surface area contributed by atoms with Crippen LogP contribution in [0.15, 0.2) is 18.2 Å². The van der Waals surface area contributed by atoms with Crippen molar-refractivity contribution in [3.63, 3.8) is 0 Å². The van der Waals surface area contributed by atoms with Gasteiger partial charge in [-0.05, 0) is 39.1 Å². The Kier molecular flexibility index (Phi) is 4.59. The molecule has 0 aromatic heterocycles. The van der Waals surface area contributed by atoms with E-state index in [0.29, 0.717) is 43.1 Å². The Bertz CT molecular complexity index is 743. The zero-order valence-electron chi connectivity index (χ0n) is 15.7. The molecule has 146 valence electrons. The first-order chi connectivity index (χ1) is 12.9. The lowest BCUT2D eigenvalue weighted by Crippen LogP contribution is -2.46. The molecule has 2 fully saturated rings. The van der Waals surface area contributed by atoms with Gasteiger partial charge < -0.3 is 29.3 Å². The van der Waals surface area contributed by atoms with Gasteiger partial charge in [0, 0.05) is 37.8 Å². The van der Waals surface area contributed by atoms with Gasteiger partial charge in [-0.3, -0.25) is 4.79 Å². The van der Waals surface area contributed by atoms with E-state index in [9.17, 15) is 9.59 Å². The topological polar surface area (TPSA) is 80.3 Å². The second kappa shape index (κ2) is 6.92. The maximum Gasteiger partial charge on any atom is 0.321 e. The molecule has 8 heteroatoms. The van der Waals surface area contributed by atoms with E-state index in [1.165, 1.54) is 0 Å². The molecule has 3 heterocycles. The van der Waals surface area contributed by atoms with Crippen molar-refractivity contribution in [3.8, 4) is 11.5 Å². The lowest BCUT2D eigenvalue weighted by molar-refractivity contribution is -0.150. The van der Waals surface area contributed by atoms with Gasteiger partial charge in [0.2, 0.25) is 6.79 Å². The van der Waals surface area contributed by atoms with Gasteiger partial charge in [0.1, 0.15) is 6.10 Å². The van der Waals surface area contributed by atoms with Crippen LogP contribution in [0.5, 0.6) is 11.5 Å². The maximum atomic E-state index is 12.6. The van der Waals surface area contributed by atoms with Crippen LogP contribution in [-0.4, -0.2) is 68.4 Å². The van der Waals surface area contributed by atoms with E-state index in [2.05, 4.69) is 5.32 Å². The van der Waals surface area contributed by atoms with Crippen LogP contribution in [0.25, 0.3) is 0 Å².